The third-order valence-corrected chi connectivity index (χ3v) is 8.52. The quantitative estimate of drug-likeness (QED) is 0.477. The summed E-state index contributed by atoms with van der Waals surface area (Å²) in [6, 6.07) is 5.17. The number of aromatic nitrogens is 4. The Morgan fingerprint density at radius 3 is 2.51 bits per heavy atom. The van der Waals surface area contributed by atoms with E-state index >= 15 is 0 Å². The summed E-state index contributed by atoms with van der Waals surface area (Å²) < 4.78 is 60.1. The molecule has 186 valence electrons. The Labute approximate surface area is 204 Å². The number of benzene rings is 1. The smallest absolute Gasteiger partial charge is 0.361 e. The van der Waals surface area contributed by atoms with E-state index < -0.39 is 23.5 Å². The minimum absolute atomic E-state index is 0.258. The SMILES string of the molecule is Cc1cc(N2C[C@H]3CC[C@@H](C2)C3Nc2nc3n(n2)CCCC3c2cc(F)cc(C(F)(F)F)c2)sn1. The Morgan fingerprint density at radius 2 is 1.83 bits per heavy atom. The van der Waals surface area contributed by atoms with Crippen LogP contribution < -0.4 is 10.2 Å². The number of alkyl halides is 3. The Bertz CT molecular complexity index is 1220. The molecule has 0 radical (unpaired) electrons. The zero-order chi connectivity index (χ0) is 24.3. The topological polar surface area (TPSA) is 58.9 Å². The van der Waals surface area contributed by atoms with Crippen LogP contribution in [0.1, 0.15) is 54.2 Å². The van der Waals surface area contributed by atoms with E-state index in [9.17, 15) is 17.6 Å². The number of piperidine rings is 1. The number of nitrogens with zero attached hydrogens (tertiary/aromatic N) is 5. The molecule has 11 heteroatoms. The van der Waals surface area contributed by atoms with E-state index in [0.29, 0.717) is 48.2 Å². The van der Waals surface area contributed by atoms with Crippen LogP contribution in [-0.2, 0) is 12.7 Å². The normalized spacial score (nSPS) is 26.1. The highest BCUT2D eigenvalue weighted by Gasteiger charge is 2.43. The van der Waals surface area contributed by atoms with Crippen LogP contribution in [0.25, 0.3) is 0 Å². The fourth-order valence-corrected chi connectivity index (χ4v) is 6.77. The monoisotopic (exact) mass is 506 g/mol. The Morgan fingerprint density at radius 1 is 1.06 bits per heavy atom. The van der Waals surface area contributed by atoms with Crippen LogP contribution in [0.4, 0.5) is 28.5 Å². The van der Waals surface area contributed by atoms with Gasteiger partial charge in [-0.05, 0) is 85.8 Å². The van der Waals surface area contributed by atoms with Gasteiger partial charge in [0.1, 0.15) is 16.6 Å². The van der Waals surface area contributed by atoms with Crippen molar-refractivity contribution in [2.24, 2.45) is 11.8 Å². The predicted molar refractivity (Wildman–Crippen MR) is 125 cm³/mol. The van der Waals surface area contributed by atoms with Gasteiger partial charge in [-0.2, -0.15) is 22.5 Å². The molecule has 1 N–H and O–H groups in total. The van der Waals surface area contributed by atoms with Gasteiger partial charge in [0.05, 0.1) is 11.3 Å². The molecule has 3 aromatic rings. The van der Waals surface area contributed by atoms with Crippen LogP contribution in [0.3, 0.4) is 0 Å². The molecule has 4 heterocycles. The third kappa shape index (κ3) is 4.28. The highest BCUT2D eigenvalue weighted by Crippen LogP contribution is 2.42. The van der Waals surface area contributed by atoms with Gasteiger partial charge in [-0.1, -0.05) is 0 Å². The summed E-state index contributed by atoms with van der Waals surface area (Å²) in [5, 5.41) is 9.42. The summed E-state index contributed by atoms with van der Waals surface area (Å²) in [7, 11) is 0. The van der Waals surface area contributed by atoms with Gasteiger partial charge in [0.2, 0.25) is 5.95 Å². The van der Waals surface area contributed by atoms with E-state index in [2.05, 4.69) is 25.8 Å². The highest BCUT2D eigenvalue weighted by atomic mass is 32.1. The largest absolute Gasteiger partial charge is 0.416 e. The van der Waals surface area contributed by atoms with Crippen molar-refractivity contribution in [3.8, 4) is 0 Å². The summed E-state index contributed by atoms with van der Waals surface area (Å²) in [4.78, 5) is 7.14. The van der Waals surface area contributed by atoms with E-state index in [1.807, 2.05) is 6.92 Å². The molecule has 1 saturated carbocycles. The lowest BCUT2D eigenvalue weighted by molar-refractivity contribution is -0.137. The molecule has 0 spiro atoms. The zero-order valence-electron chi connectivity index (χ0n) is 19.2. The van der Waals surface area contributed by atoms with Crippen molar-refractivity contribution < 1.29 is 17.6 Å². The van der Waals surface area contributed by atoms with Gasteiger partial charge >= 0.3 is 6.18 Å². The molecule has 2 aromatic heterocycles. The van der Waals surface area contributed by atoms with Crippen molar-refractivity contribution in [1.29, 1.82) is 0 Å². The number of aryl methyl sites for hydroxylation is 2. The molecule has 6 rings (SSSR count). The number of hydrogen-bond acceptors (Lipinski definition) is 6. The van der Waals surface area contributed by atoms with Crippen molar-refractivity contribution in [3.63, 3.8) is 0 Å². The molecule has 1 saturated heterocycles. The number of rotatable bonds is 4. The first-order valence-corrected chi connectivity index (χ1v) is 12.8. The summed E-state index contributed by atoms with van der Waals surface area (Å²) in [5.74, 6) is 0.738. The minimum atomic E-state index is -4.60. The molecule has 1 aliphatic carbocycles. The molecule has 2 aliphatic heterocycles. The second kappa shape index (κ2) is 8.46. The summed E-state index contributed by atoms with van der Waals surface area (Å²) in [5.41, 5.74) is 0.369. The third-order valence-electron chi connectivity index (χ3n) is 7.58. The first kappa shape index (κ1) is 22.8. The Hall–Kier alpha value is -2.69. The van der Waals surface area contributed by atoms with Gasteiger partial charge in [0, 0.05) is 31.6 Å². The van der Waals surface area contributed by atoms with Crippen LogP contribution >= 0.6 is 11.5 Å². The highest BCUT2D eigenvalue weighted by molar-refractivity contribution is 7.10. The summed E-state index contributed by atoms with van der Waals surface area (Å²) in [6.45, 7) is 4.57. The van der Waals surface area contributed by atoms with Crippen molar-refractivity contribution in [2.45, 2.75) is 57.3 Å². The number of anilines is 2. The standard InChI is InChI=1S/C24H26F4N6S/c1-13-7-20(35-32-13)33-11-14-4-5-15(12-33)21(14)29-23-30-22-19(3-2-6-34(22)31-23)16-8-17(24(26,27)28)10-18(25)9-16/h7-10,14-15,19,21H,2-6,11-12H2,1H3,(H,29,31)/t14-,15+,19?,21?. The molecular weight excluding hydrogens is 480 g/mol. The van der Waals surface area contributed by atoms with Crippen molar-refractivity contribution >= 4 is 22.5 Å². The predicted octanol–water partition coefficient (Wildman–Crippen LogP) is 5.45. The Balaban J connectivity index is 1.22. The lowest BCUT2D eigenvalue weighted by Gasteiger charge is -2.38. The molecule has 0 amide bonds. The fraction of sp³-hybridized carbons (Fsp3) is 0.542. The van der Waals surface area contributed by atoms with E-state index in [4.69, 9.17) is 4.98 Å². The van der Waals surface area contributed by atoms with Crippen LogP contribution in [0.5, 0.6) is 0 Å². The van der Waals surface area contributed by atoms with Crippen LogP contribution in [0, 0.1) is 24.6 Å². The lowest BCUT2D eigenvalue weighted by atomic mass is 9.90. The maximum atomic E-state index is 14.1. The molecule has 2 bridgehead atoms. The van der Waals surface area contributed by atoms with Crippen molar-refractivity contribution in [3.05, 3.63) is 52.7 Å². The molecule has 2 fully saturated rings. The van der Waals surface area contributed by atoms with Gasteiger partial charge in [-0.25, -0.2) is 9.07 Å². The van der Waals surface area contributed by atoms with Gasteiger partial charge in [-0.15, -0.1) is 5.10 Å². The Kier molecular flexibility index (Phi) is 5.50. The summed E-state index contributed by atoms with van der Waals surface area (Å²) in [6.07, 6.45) is -0.975. The molecule has 6 nitrogen and oxygen atoms in total. The average molecular weight is 507 g/mol. The molecule has 4 atom stereocenters. The molecule has 3 aliphatic rings. The van der Waals surface area contributed by atoms with Gasteiger partial charge in [0.25, 0.3) is 0 Å². The first-order chi connectivity index (χ1) is 16.7. The maximum absolute atomic E-state index is 14.1. The molecule has 1 aromatic carbocycles. The van der Waals surface area contributed by atoms with Crippen molar-refractivity contribution in [2.75, 3.05) is 23.3 Å². The second-order valence-corrected chi connectivity index (χ2v) is 10.7. The average Bonchev–Trinajstić information content (AvgIpc) is 3.48. The van der Waals surface area contributed by atoms with Crippen LogP contribution in [0.15, 0.2) is 24.3 Å². The first-order valence-electron chi connectivity index (χ1n) is 12.0. The van der Waals surface area contributed by atoms with E-state index in [-0.39, 0.29) is 6.04 Å². The number of halogens is 4. The zero-order valence-corrected chi connectivity index (χ0v) is 20.0. The fourth-order valence-electron chi connectivity index (χ4n) is 5.99. The second-order valence-electron chi connectivity index (χ2n) is 9.96. The molecule has 35 heavy (non-hydrogen) atoms. The van der Waals surface area contributed by atoms with Crippen LogP contribution in [-0.4, -0.2) is 38.3 Å². The minimum Gasteiger partial charge on any atom is -0.361 e. The summed E-state index contributed by atoms with van der Waals surface area (Å²) >= 11 is 1.54. The van der Waals surface area contributed by atoms with E-state index in [1.54, 1.807) is 16.2 Å². The van der Waals surface area contributed by atoms with E-state index in [0.717, 1.165) is 44.1 Å². The van der Waals surface area contributed by atoms with Crippen molar-refractivity contribution in [1.82, 2.24) is 19.1 Å². The maximum Gasteiger partial charge on any atom is 0.416 e. The van der Waals surface area contributed by atoms with Gasteiger partial charge in [-0.3, -0.25) is 0 Å². The lowest BCUT2D eigenvalue weighted by Crippen LogP contribution is -2.48. The van der Waals surface area contributed by atoms with Crippen LogP contribution in [0.2, 0.25) is 0 Å². The number of hydrogen-bond donors (Lipinski definition) is 1. The van der Waals surface area contributed by atoms with Gasteiger partial charge in [0.15, 0.2) is 0 Å². The number of fused-ring (bicyclic) bond motifs is 3. The molecule has 2 unspecified atom stereocenters. The van der Waals surface area contributed by atoms with Gasteiger partial charge < -0.3 is 10.2 Å². The molecular formula is C24H26F4N6S. The van der Waals surface area contributed by atoms with E-state index in [1.165, 1.54) is 11.1 Å². The number of nitrogens with one attached hydrogen (secondary N) is 1.